The van der Waals surface area contributed by atoms with E-state index < -0.39 is 12.0 Å². The van der Waals surface area contributed by atoms with Gasteiger partial charge in [0.15, 0.2) is 6.04 Å². The molecule has 1 heterocycles. The number of methoxy groups -OCH3 is 1. The van der Waals surface area contributed by atoms with Crippen molar-refractivity contribution < 1.29 is 13.9 Å². The molecule has 2 rings (SSSR count). The number of benzene rings is 1. The number of carbonyl (C=O) groups is 1. The fourth-order valence-electron chi connectivity index (χ4n) is 2.27. The van der Waals surface area contributed by atoms with Crippen LogP contribution in [-0.4, -0.2) is 22.9 Å². The summed E-state index contributed by atoms with van der Waals surface area (Å²) in [5.74, 6) is -0.808. The molecular formula is C15H18FN3O2. The topological polar surface area (TPSA) is 56.1 Å². The maximum Gasteiger partial charge on any atom is 0.333 e. The molecule has 0 bridgehead atoms. The van der Waals surface area contributed by atoms with E-state index in [1.165, 1.54) is 19.2 Å². The number of nitrogens with zero attached hydrogens (tertiary/aromatic N) is 2. The molecule has 0 fully saturated rings. The third kappa shape index (κ3) is 3.39. The highest BCUT2D eigenvalue weighted by atomic mass is 19.1. The van der Waals surface area contributed by atoms with E-state index in [-0.39, 0.29) is 5.82 Å². The summed E-state index contributed by atoms with van der Waals surface area (Å²) < 4.78 is 19.9. The number of carbonyl (C=O) groups excluding carboxylic acids is 1. The van der Waals surface area contributed by atoms with E-state index >= 15 is 0 Å². The number of hydrogen-bond acceptors (Lipinski definition) is 4. The predicted molar refractivity (Wildman–Crippen MR) is 77.5 cm³/mol. The average molecular weight is 291 g/mol. The number of halogens is 1. The lowest BCUT2D eigenvalue weighted by Gasteiger charge is -2.17. The van der Waals surface area contributed by atoms with E-state index in [9.17, 15) is 9.18 Å². The van der Waals surface area contributed by atoms with Gasteiger partial charge in [-0.15, -0.1) is 0 Å². The Morgan fingerprint density at radius 3 is 2.62 bits per heavy atom. The number of anilines is 1. The van der Waals surface area contributed by atoms with Gasteiger partial charge < -0.3 is 10.1 Å². The highest BCUT2D eigenvalue weighted by molar-refractivity contribution is 5.81. The van der Waals surface area contributed by atoms with E-state index in [0.717, 1.165) is 5.56 Å². The first-order valence-corrected chi connectivity index (χ1v) is 6.52. The molecule has 1 N–H and O–H groups in total. The van der Waals surface area contributed by atoms with Crippen molar-refractivity contribution in [3.63, 3.8) is 0 Å². The maximum absolute atomic E-state index is 13.5. The van der Waals surface area contributed by atoms with Crippen molar-refractivity contribution in [2.75, 3.05) is 12.4 Å². The van der Waals surface area contributed by atoms with Crippen LogP contribution in [0.25, 0.3) is 0 Å². The Morgan fingerprint density at radius 2 is 2.10 bits per heavy atom. The van der Waals surface area contributed by atoms with Crippen molar-refractivity contribution in [3.05, 3.63) is 47.0 Å². The quantitative estimate of drug-likeness (QED) is 0.879. The Labute approximate surface area is 122 Å². The Kier molecular flexibility index (Phi) is 4.26. The first-order valence-electron chi connectivity index (χ1n) is 6.52. The zero-order valence-corrected chi connectivity index (χ0v) is 12.5. The number of hydrogen-bond donors (Lipinski definition) is 1. The molecule has 0 radical (unpaired) electrons. The monoisotopic (exact) mass is 291 g/mol. The van der Waals surface area contributed by atoms with Crippen molar-refractivity contribution in [1.29, 1.82) is 0 Å². The lowest BCUT2D eigenvalue weighted by molar-refractivity contribution is -0.141. The molecule has 0 aliphatic rings. The molecule has 0 saturated carbocycles. The molecule has 0 spiro atoms. The smallest absolute Gasteiger partial charge is 0.333 e. The fraction of sp³-hybridized carbons (Fsp3) is 0.333. The summed E-state index contributed by atoms with van der Waals surface area (Å²) in [7, 11) is 3.09. The summed E-state index contributed by atoms with van der Waals surface area (Å²) in [5, 5.41) is 7.23. The predicted octanol–water partition coefficient (Wildman–Crippen LogP) is 2.50. The Bertz CT molecular complexity index is 647. The second-order valence-electron chi connectivity index (χ2n) is 4.96. The van der Waals surface area contributed by atoms with Crippen LogP contribution < -0.4 is 5.32 Å². The van der Waals surface area contributed by atoms with Gasteiger partial charge >= 0.3 is 5.97 Å². The van der Waals surface area contributed by atoms with E-state index in [0.29, 0.717) is 16.9 Å². The molecule has 2 aromatic rings. The zero-order chi connectivity index (χ0) is 15.6. The third-order valence-corrected chi connectivity index (χ3v) is 3.15. The summed E-state index contributed by atoms with van der Waals surface area (Å²) in [6.07, 6.45) is 1.75. The molecule has 0 amide bonds. The van der Waals surface area contributed by atoms with Crippen molar-refractivity contribution in [3.8, 4) is 0 Å². The number of nitrogens with one attached hydrogen (secondary N) is 1. The number of ether oxygens (including phenoxy) is 1. The van der Waals surface area contributed by atoms with Gasteiger partial charge in [-0.2, -0.15) is 5.10 Å². The molecule has 1 aromatic heterocycles. The van der Waals surface area contributed by atoms with E-state index in [2.05, 4.69) is 10.4 Å². The van der Waals surface area contributed by atoms with Crippen molar-refractivity contribution in [2.45, 2.75) is 19.9 Å². The summed E-state index contributed by atoms with van der Waals surface area (Å²) in [4.78, 5) is 12.0. The third-order valence-electron chi connectivity index (χ3n) is 3.15. The number of esters is 1. The summed E-state index contributed by atoms with van der Waals surface area (Å²) in [6.45, 7) is 3.60. The van der Waals surface area contributed by atoms with Gasteiger partial charge in [-0.3, -0.25) is 4.68 Å². The van der Waals surface area contributed by atoms with E-state index in [1.54, 1.807) is 30.9 Å². The summed E-state index contributed by atoms with van der Waals surface area (Å²) in [6, 6.07) is 3.80. The maximum atomic E-state index is 13.5. The second-order valence-corrected chi connectivity index (χ2v) is 4.96. The molecule has 21 heavy (non-hydrogen) atoms. The first-order chi connectivity index (χ1) is 9.90. The van der Waals surface area contributed by atoms with Crippen LogP contribution in [0.1, 0.15) is 22.9 Å². The minimum atomic E-state index is -0.732. The number of aryl methyl sites for hydroxylation is 3. The van der Waals surface area contributed by atoms with Gasteiger partial charge in [0.25, 0.3) is 0 Å². The average Bonchev–Trinajstić information content (AvgIpc) is 2.73. The van der Waals surface area contributed by atoms with Gasteiger partial charge in [-0.05, 0) is 37.6 Å². The standard InChI is InChI=1S/C15H18FN3O2/c1-9-5-11(16)7-12(6-9)17-14(15(20)21-4)13-8-19(3)18-10(13)2/h5-8,14,17H,1-4H3. The Hall–Kier alpha value is -2.37. The molecule has 6 heteroatoms. The van der Waals surface area contributed by atoms with Gasteiger partial charge in [0.2, 0.25) is 0 Å². The summed E-state index contributed by atoms with van der Waals surface area (Å²) >= 11 is 0. The lowest BCUT2D eigenvalue weighted by Crippen LogP contribution is -2.22. The van der Waals surface area contributed by atoms with Gasteiger partial charge in [-0.25, -0.2) is 9.18 Å². The largest absolute Gasteiger partial charge is 0.467 e. The molecular weight excluding hydrogens is 273 g/mol. The minimum Gasteiger partial charge on any atom is -0.467 e. The highest BCUT2D eigenvalue weighted by Gasteiger charge is 2.25. The molecule has 0 saturated heterocycles. The molecule has 1 aromatic carbocycles. The number of rotatable bonds is 4. The second kappa shape index (κ2) is 5.95. The molecule has 1 atom stereocenters. The van der Waals surface area contributed by atoms with Crippen LogP contribution in [0.5, 0.6) is 0 Å². The van der Waals surface area contributed by atoms with Crippen LogP contribution in [0.3, 0.4) is 0 Å². The zero-order valence-electron chi connectivity index (χ0n) is 12.5. The molecule has 112 valence electrons. The minimum absolute atomic E-state index is 0.357. The van der Waals surface area contributed by atoms with Crippen molar-refractivity contribution in [1.82, 2.24) is 9.78 Å². The Balaban J connectivity index is 2.37. The fourth-order valence-corrected chi connectivity index (χ4v) is 2.27. The van der Waals surface area contributed by atoms with Crippen LogP contribution in [0.15, 0.2) is 24.4 Å². The van der Waals surface area contributed by atoms with E-state index in [4.69, 9.17) is 4.74 Å². The summed E-state index contributed by atoms with van der Waals surface area (Å²) in [5.41, 5.74) is 2.70. The van der Waals surface area contributed by atoms with Crippen LogP contribution in [0.2, 0.25) is 0 Å². The van der Waals surface area contributed by atoms with Crippen molar-refractivity contribution in [2.24, 2.45) is 7.05 Å². The van der Waals surface area contributed by atoms with Crippen molar-refractivity contribution >= 4 is 11.7 Å². The Morgan fingerprint density at radius 1 is 1.38 bits per heavy atom. The van der Waals surface area contributed by atoms with Crippen LogP contribution in [-0.2, 0) is 16.6 Å². The van der Waals surface area contributed by atoms with E-state index in [1.807, 2.05) is 6.92 Å². The molecule has 0 aliphatic heterocycles. The van der Waals surface area contributed by atoms with Crippen LogP contribution in [0.4, 0.5) is 10.1 Å². The molecule has 1 unspecified atom stereocenters. The van der Waals surface area contributed by atoms with Crippen LogP contribution >= 0.6 is 0 Å². The van der Waals surface area contributed by atoms with Gasteiger partial charge in [-0.1, -0.05) is 0 Å². The van der Waals surface area contributed by atoms with Gasteiger partial charge in [0, 0.05) is 24.5 Å². The molecule has 0 aliphatic carbocycles. The number of aromatic nitrogens is 2. The van der Waals surface area contributed by atoms with Gasteiger partial charge in [0.1, 0.15) is 5.82 Å². The van der Waals surface area contributed by atoms with Crippen LogP contribution in [0, 0.1) is 19.7 Å². The van der Waals surface area contributed by atoms with Gasteiger partial charge in [0.05, 0.1) is 12.8 Å². The molecule has 5 nitrogen and oxygen atoms in total. The highest BCUT2D eigenvalue weighted by Crippen LogP contribution is 2.24. The SMILES string of the molecule is COC(=O)C(Nc1cc(C)cc(F)c1)c1cn(C)nc1C. The normalized spacial score (nSPS) is 12.0. The first kappa shape index (κ1) is 15.0. The lowest BCUT2D eigenvalue weighted by atomic mass is 10.1.